The van der Waals surface area contributed by atoms with Crippen LogP contribution in [0.4, 0.5) is 0 Å². The van der Waals surface area contributed by atoms with Crippen LogP contribution >= 0.6 is 0 Å². The van der Waals surface area contributed by atoms with E-state index in [4.69, 9.17) is 14.2 Å². The van der Waals surface area contributed by atoms with Crippen molar-refractivity contribution in [2.45, 2.75) is 38.4 Å². The Morgan fingerprint density at radius 2 is 2.04 bits per heavy atom. The Labute approximate surface area is 135 Å². The van der Waals surface area contributed by atoms with Crippen molar-refractivity contribution in [2.75, 3.05) is 7.11 Å². The van der Waals surface area contributed by atoms with E-state index in [1.807, 2.05) is 24.3 Å². The van der Waals surface area contributed by atoms with Crippen LogP contribution < -0.4 is 4.74 Å². The molecule has 3 rings (SSSR count). The van der Waals surface area contributed by atoms with Gasteiger partial charge in [0.2, 0.25) is 0 Å². The van der Waals surface area contributed by atoms with Crippen molar-refractivity contribution >= 4 is 17.3 Å². The highest BCUT2D eigenvalue weighted by atomic mass is 16.5. The van der Waals surface area contributed by atoms with Crippen LogP contribution in [0.2, 0.25) is 0 Å². The van der Waals surface area contributed by atoms with Crippen LogP contribution in [0, 0.1) is 5.92 Å². The van der Waals surface area contributed by atoms with Crippen LogP contribution in [0.1, 0.15) is 31.7 Å². The maximum Gasteiger partial charge on any atom is 0.302 e. The largest absolute Gasteiger partial charge is 0.496 e. The lowest BCUT2D eigenvalue weighted by molar-refractivity contribution is -0.151. The summed E-state index contributed by atoms with van der Waals surface area (Å²) < 4.78 is 16.4. The molecule has 1 saturated carbocycles. The van der Waals surface area contributed by atoms with E-state index in [9.17, 15) is 9.59 Å². The standard InChI is InChI=1S/C18H20O5/c1-11(19)23-12-7-8-14-17(9-12)22-10-15(18(14)20)13-5-3-4-6-16(13)21-2/h3-6,10,12,14,17H,7-9H2,1-2H3. The van der Waals surface area contributed by atoms with Gasteiger partial charge in [0, 0.05) is 18.9 Å². The van der Waals surface area contributed by atoms with Crippen molar-refractivity contribution < 1.29 is 23.8 Å². The number of hydrogen-bond donors (Lipinski definition) is 0. The monoisotopic (exact) mass is 316 g/mol. The molecule has 1 aromatic carbocycles. The van der Waals surface area contributed by atoms with Crippen LogP contribution in [-0.2, 0) is 19.1 Å². The lowest BCUT2D eigenvalue weighted by Crippen LogP contribution is -2.41. The van der Waals surface area contributed by atoms with Crippen LogP contribution in [-0.4, -0.2) is 31.1 Å². The second kappa shape index (κ2) is 6.44. The van der Waals surface area contributed by atoms with Gasteiger partial charge in [-0.25, -0.2) is 0 Å². The zero-order valence-corrected chi connectivity index (χ0v) is 13.3. The van der Waals surface area contributed by atoms with Crippen molar-refractivity contribution in [3.63, 3.8) is 0 Å². The maximum absolute atomic E-state index is 12.8. The summed E-state index contributed by atoms with van der Waals surface area (Å²) in [5.41, 5.74) is 1.30. The summed E-state index contributed by atoms with van der Waals surface area (Å²) in [5.74, 6) is 0.252. The molecule has 1 heterocycles. The second-order valence-corrected chi connectivity index (χ2v) is 5.92. The number of esters is 1. The minimum absolute atomic E-state index is 0.0759. The second-order valence-electron chi connectivity index (χ2n) is 5.92. The quantitative estimate of drug-likeness (QED) is 0.802. The molecule has 0 spiro atoms. The van der Waals surface area contributed by atoms with Crippen LogP contribution in [0.3, 0.4) is 0 Å². The van der Waals surface area contributed by atoms with Gasteiger partial charge in [-0.1, -0.05) is 18.2 Å². The number of methoxy groups -OCH3 is 1. The molecule has 3 unspecified atom stereocenters. The number of rotatable bonds is 3. The van der Waals surface area contributed by atoms with E-state index in [1.54, 1.807) is 7.11 Å². The Kier molecular flexibility index (Phi) is 4.37. The van der Waals surface area contributed by atoms with E-state index in [2.05, 4.69) is 0 Å². The minimum Gasteiger partial charge on any atom is -0.496 e. The number of carbonyl (C=O) groups is 2. The third-order valence-electron chi connectivity index (χ3n) is 4.44. The first-order chi connectivity index (χ1) is 11.1. The molecule has 3 atom stereocenters. The van der Waals surface area contributed by atoms with Gasteiger partial charge >= 0.3 is 5.97 Å². The first-order valence-electron chi connectivity index (χ1n) is 7.80. The van der Waals surface area contributed by atoms with Crippen molar-refractivity contribution in [1.82, 2.24) is 0 Å². The molecule has 5 heteroatoms. The van der Waals surface area contributed by atoms with Gasteiger partial charge in [0.05, 0.1) is 24.9 Å². The fourth-order valence-corrected chi connectivity index (χ4v) is 3.36. The highest BCUT2D eigenvalue weighted by Gasteiger charge is 2.41. The third-order valence-corrected chi connectivity index (χ3v) is 4.44. The highest BCUT2D eigenvalue weighted by molar-refractivity contribution is 6.22. The molecule has 23 heavy (non-hydrogen) atoms. The summed E-state index contributed by atoms with van der Waals surface area (Å²) in [4.78, 5) is 23.9. The predicted molar refractivity (Wildman–Crippen MR) is 83.7 cm³/mol. The summed E-state index contributed by atoms with van der Waals surface area (Å²) in [6.45, 7) is 1.40. The van der Waals surface area contributed by atoms with E-state index in [-0.39, 0.29) is 29.9 Å². The summed E-state index contributed by atoms with van der Waals surface area (Å²) in [6.07, 6.45) is 3.05. The first-order valence-corrected chi connectivity index (χ1v) is 7.80. The van der Waals surface area contributed by atoms with Crippen LogP contribution in [0.25, 0.3) is 5.57 Å². The van der Waals surface area contributed by atoms with Gasteiger partial charge in [-0.15, -0.1) is 0 Å². The van der Waals surface area contributed by atoms with Gasteiger partial charge in [0.1, 0.15) is 18.0 Å². The molecule has 122 valence electrons. The highest BCUT2D eigenvalue weighted by Crippen LogP contribution is 2.39. The number of Topliss-reactive ketones (excluding diaryl/α,β-unsaturated/α-hetero) is 1. The molecule has 0 N–H and O–H groups in total. The Hall–Kier alpha value is -2.30. The maximum atomic E-state index is 12.8. The molecule has 0 radical (unpaired) electrons. The molecule has 0 bridgehead atoms. The molecule has 1 aliphatic carbocycles. The van der Waals surface area contributed by atoms with E-state index in [0.717, 1.165) is 5.56 Å². The van der Waals surface area contributed by atoms with Crippen LogP contribution in [0.15, 0.2) is 30.5 Å². The van der Waals surface area contributed by atoms with Gasteiger partial charge < -0.3 is 14.2 Å². The zero-order chi connectivity index (χ0) is 16.4. The van der Waals surface area contributed by atoms with E-state index < -0.39 is 0 Å². The van der Waals surface area contributed by atoms with E-state index in [1.165, 1.54) is 13.2 Å². The SMILES string of the molecule is COc1ccccc1C1=COC2CC(OC(C)=O)CCC2C1=O. The summed E-state index contributed by atoms with van der Waals surface area (Å²) in [5, 5.41) is 0. The minimum atomic E-state index is -0.291. The molecule has 2 aliphatic rings. The summed E-state index contributed by atoms with van der Waals surface area (Å²) in [6, 6.07) is 7.42. The van der Waals surface area contributed by atoms with Gasteiger partial charge in [0.25, 0.3) is 0 Å². The van der Waals surface area contributed by atoms with Crippen molar-refractivity contribution in [3.05, 3.63) is 36.1 Å². The fourth-order valence-electron chi connectivity index (χ4n) is 3.36. The van der Waals surface area contributed by atoms with Crippen molar-refractivity contribution in [2.24, 2.45) is 5.92 Å². The number of fused-ring (bicyclic) bond motifs is 1. The number of hydrogen-bond acceptors (Lipinski definition) is 5. The Morgan fingerprint density at radius 3 is 2.78 bits per heavy atom. The van der Waals surface area contributed by atoms with E-state index in [0.29, 0.717) is 30.6 Å². The van der Waals surface area contributed by atoms with Gasteiger partial charge in [-0.3, -0.25) is 9.59 Å². The van der Waals surface area contributed by atoms with E-state index >= 15 is 0 Å². The summed E-state index contributed by atoms with van der Waals surface area (Å²) >= 11 is 0. The molecule has 0 amide bonds. The number of carbonyl (C=O) groups excluding carboxylic acids is 2. The Bertz CT molecular complexity index is 649. The molecular weight excluding hydrogens is 296 g/mol. The molecule has 1 aromatic rings. The van der Waals surface area contributed by atoms with Gasteiger partial charge in [-0.05, 0) is 18.9 Å². The normalized spacial score (nSPS) is 26.6. The lowest BCUT2D eigenvalue weighted by atomic mass is 9.77. The molecule has 0 saturated heterocycles. The lowest BCUT2D eigenvalue weighted by Gasteiger charge is -2.37. The predicted octanol–water partition coefficient (Wildman–Crippen LogP) is 2.74. The average Bonchev–Trinajstić information content (AvgIpc) is 2.54. The number of allylic oxidation sites excluding steroid dienone is 1. The molecule has 0 aromatic heterocycles. The van der Waals surface area contributed by atoms with Gasteiger partial charge in [-0.2, -0.15) is 0 Å². The molecular formula is C18H20O5. The first kappa shape index (κ1) is 15.6. The molecule has 5 nitrogen and oxygen atoms in total. The fraction of sp³-hybridized carbons (Fsp3) is 0.444. The van der Waals surface area contributed by atoms with Crippen molar-refractivity contribution in [3.8, 4) is 5.75 Å². The molecule has 1 aliphatic heterocycles. The topological polar surface area (TPSA) is 61.8 Å². The summed E-state index contributed by atoms with van der Waals surface area (Å²) in [7, 11) is 1.58. The number of ketones is 1. The Morgan fingerprint density at radius 1 is 1.26 bits per heavy atom. The third kappa shape index (κ3) is 3.09. The average molecular weight is 316 g/mol. The number of ether oxygens (including phenoxy) is 3. The van der Waals surface area contributed by atoms with Gasteiger partial charge in [0.15, 0.2) is 5.78 Å². The number of para-hydroxylation sites is 1. The Balaban J connectivity index is 1.81. The van der Waals surface area contributed by atoms with Crippen LogP contribution in [0.5, 0.6) is 5.75 Å². The molecule has 1 fully saturated rings. The smallest absolute Gasteiger partial charge is 0.302 e. The number of benzene rings is 1. The van der Waals surface area contributed by atoms with Crippen molar-refractivity contribution in [1.29, 1.82) is 0 Å². The zero-order valence-electron chi connectivity index (χ0n) is 13.3.